The van der Waals surface area contributed by atoms with Crippen LogP contribution in [-0.2, 0) is 16.8 Å². The molecule has 22 heavy (non-hydrogen) atoms. The number of aliphatic carboxylic acids is 1. The van der Waals surface area contributed by atoms with E-state index in [1.807, 2.05) is 13.8 Å². The topological polar surface area (TPSA) is 67.2 Å². The number of anilines is 1. The molecule has 6 heteroatoms. The number of benzene rings is 1. The molecule has 1 unspecified atom stereocenters. The Morgan fingerprint density at radius 2 is 2.23 bits per heavy atom. The fourth-order valence-electron chi connectivity index (χ4n) is 3.03. The average molecular weight is 303 g/mol. The largest absolute Gasteiger partial charge is 0.481 e. The second-order valence-corrected chi connectivity index (χ2v) is 6.24. The molecule has 116 valence electrons. The van der Waals surface area contributed by atoms with Crippen LogP contribution in [0, 0.1) is 5.82 Å². The van der Waals surface area contributed by atoms with Gasteiger partial charge in [-0.1, -0.05) is 18.2 Å². The van der Waals surface area contributed by atoms with Crippen molar-refractivity contribution in [3.8, 4) is 0 Å². The second-order valence-electron chi connectivity index (χ2n) is 6.24. The highest BCUT2D eigenvalue weighted by atomic mass is 19.1. The summed E-state index contributed by atoms with van der Waals surface area (Å²) in [6.07, 6.45) is 2.12. The number of carboxylic acid groups (broad SMARTS) is 1. The normalized spacial score (nSPS) is 19.3. The Hall–Kier alpha value is -2.37. The standard InChI is InChI=1S/C16H18FN3O2/c1-16(2)8-13(11-5-3-4-6-12(11)17)19-15-10(7-14(21)22)9-18-20(15)16/h3-6,9,13,19H,7-8H2,1-2H3,(H,21,22). The Kier molecular flexibility index (Phi) is 3.39. The van der Waals surface area contributed by atoms with Crippen LogP contribution in [0.5, 0.6) is 0 Å². The maximum atomic E-state index is 14.1. The Bertz CT molecular complexity index is 724. The predicted octanol–water partition coefficient (Wildman–Crippen LogP) is 2.94. The van der Waals surface area contributed by atoms with Gasteiger partial charge in [0.25, 0.3) is 0 Å². The van der Waals surface area contributed by atoms with Crippen LogP contribution in [-0.4, -0.2) is 20.9 Å². The summed E-state index contributed by atoms with van der Waals surface area (Å²) in [4.78, 5) is 11.0. The molecule has 0 bridgehead atoms. The van der Waals surface area contributed by atoms with Crippen LogP contribution < -0.4 is 5.32 Å². The van der Waals surface area contributed by atoms with E-state index in [0.717, 1.165) is 0 Å². The first kappa shape index (κ1) is 14.6. The molecular formula is C16H18FN3O2. The molecule has 0 fully saturated rings. The zero-order chi connectivity index (χ0) is 15.9. The van der Waals surface area contributed by atoms with Gasteiger partial charge < -0.3 is 10.4 Å². The molecule has 0 aliphatic carbocycles. The highest BCUT2D eigenvalue weighted by molar-refractivity contribution is 5.72. The van der Waals surface area contributed by atoms with Gasteiger partial charge in [0.05, 0.1) is 24.2 Å². The fourth-order valence-corrected chi connectivity index (χ4v) is 3.03. The van der Waals surface area contributed by atoms with Crippen LogP contribution in [0.15, 0.2) is 30.5 Å². The van der Waals surface area contributed by atoms with E-state index in [4.69, 9.17) is 5.11 Å². The van der Waals surface area contributed by atoms with Crippen LogP contribution >= 0.6 is 0 Å². The third-order valence-electron chi connectivity index (χ3n) is 4.06. The van der Waals surface area contributed by atoms with Gasteiger partial charge in [0.15, 0.2) is 0 Å². The van der Waals surface area contributed by atoms with Gasteiger partial charge in [0.1, 0.15) is 11.6 Å². The van der Waals surface area contributed by atoms with E-state index in [1.54, 1.807) is 29.1 Å². The van der Waals surface area contributed by atoms with Crippen molar-refractivity contribution >= 4 is 11.8 Å². The van der Waals surface area contributed by atoms with Gasteiger partial charge in [0, 0.05) is 11.1 Å². The number of nitrogens with zero attached hydrogens (tertiary/aromatic N) is 2. The molecule has 2 aromatic rings. The van der Waals surface area contributed by atoms with Crippen LogP contribution in [0.2, 0.25) is 0 Å². The summed E-state index contributed by atoms with van der Waals surface area (Å²) >= 11 is 0. The minimum absolute atomic E-state index is 0.109. The lowest BCUT2D eigenvalue weighted by Crippen LogP contribution is -2.38. The monoisotopic (exact) mass is 303 g/mol. The molecule has 1 aromatic carbocycles. The Morgan fingerprint density at radius 1 is 1.50 bits per heavy atom. The smallest absolute Gasteiger partial charge is 0.308 e. The van der Waals surface area contributed by atoms with Gasteiger partial charge in [-0.3, -0.25) is 4.79 Å². The van der Waals surface area contributed by atoms with E-state index in [0.29, 0.717) is 23.4 Å². The van der Waals surface area contributed by atoms with Crippen LogP contribution in [0.4, 0.5) is 10.2 Å². The first-order valence-corrected chi connectivity index (χ1v) is 7.18. The van der Waals surface area contributed by atoms with Crippen LogP contribution in [0.25, 0.3) is 0 Å². The van der Waals surface area contributed by atoms with E-state index in [1.165, 1.54) is 6.07 Å². The zero-order valence-corrected chi connectivity index (χ0v) is 12.5. The lowest BCUT2D eigenvalue weighted by molar-refractivity contribution is -0.136. The van der Waals surface area contributed by atoms with Crippen molar-refractivity contribution in [2.75, 3.05) is 5.32 Å². The van der Waals surface area contributed by atoms with Crippen LogP contribution in [0.3, 0.4) is 0 Å². The number of hydrogen-bond acceptors (Lipinski definition) is 3. The molecule has 2 heterocycles. The number of rotatable bonds is 3. The summed E-state index contributed by atoms with van der Waals surface area (Å²) in [5.74, 6) is -0.515. The Labute approximate surface area is 127 Å². The number of carboxylic acids is 1. The molecule has 0 spiro atoms. The highest BCUT2D eigenvalue weighted by Gasteiger charge is 2.36. The molecule has 1 aliphatic rings. The number of hydrogen-bond donors (Lipinski definition) is 2. The Morgan fingerprint density at radius 3 is 2.91 bits per heavy atom. The van der Waals surface area contributed by atoms with Crippen LogP contribution in [0.1, 0.15) is 37.4 Å². The first-order chi connectivity index (χ1) is 10.4. The average Bonchev–Trinajstić information content (AvgIpc) is 2.82. The fraction of sp³-hybridized carbons (Fsp3) is 0.375. The zero-order valence-electron chi connectivity index (χ0n) is 12.5. The van der Waals surface area contributed by atoms with Crippen molar-refractivity contribution in [3.63, 3.8) is 0 Å². The molecule has 0 saturated heterocycles. The van der Waals surface area contributed by atoms with Gasteiger partial charge in [-0.2, -0.15) is 5.10 Å². The van der Waals surface area contributed by atoms with Gasteiger partial charge in [-0.15, -0.1) is 0 Å². The molecule has 1 aromatic heterocycles. The Balaban J connectivity index is 2.02. The first-order valence-electron chi connectivity index (χ1n) is 7.18. The molecule has 5 nitrogen and oxygen atoms in total. The quantitative estimate of drug-likeness (QED) is 0.915. The van der Waals surface area contributed by atoms with Crippen molar-refractivity contribution in [1.29, 1.82) is 0 Å². The SMILES string of the molecule is CC1(C)CC(c2ccccc2F)Nc2c(CC(=O)O)cnn21. The molecule has 0 saturated carbocycles. The highest BCUT2D eigenvalue weighted by Crippen LogP contribution is 2.40. The van der Waals surface area contributed by atoms with Crippen molar-refractivity contribution in [2.45, 2.75) is 38.3 Å². The molecule has 0 radical (unpaired) electrons. The molecule has 2 N–H and O–H groups in total. The third-order valence-corrected chi connectivity index (χ3v) is 4.06. The van der Waals surface area contributed by atoms with E-state index < -0.39 is 5.97 Å². The second kappa shape index (κ2) is 5.12. The summed E-state index contributed by atoms with van der Waals surface area (Å²) in [6.45, 7) is 4.03. The summed E-state index contributed by atoms with van der Waals surface area (Å²) in [7, 11) is 0. The molecular weight excluding hydrogens is 285 g/mol. The van der Waals surface area contributed by atoms with Crippen molar-refractivity contribution in [1.82, 2.24) is 9.78 Å². The van der Waals surface area contributed by atoms with Gasteiger partial charge in [-0.05, 0) is 26.3 Å². The lowest BCUT2D eigenvalue weighted by atomic mass is 9.88. The van der Waals surface area contributed by atoms with Gasteiger partial charge >= 0.3 is 5.97 Å². The molecule has 1 aliphatic heterocycles. The van der Waals surface area contributed by atoms with E-state index in [-0.39, 0.29) is 23.8 Å². The maximum absolute atomic E-state index is 14.1. The third kappa shape index (κ3) is 2.45. The van der Waals surface area contributed by atoms with E-state index >= 15 is 0 Å². The van der Waals surface area contributed by atoms with Gasteiger partial charge in [-0.25, -0.2) is 9.07 Å². The van der Waals surface area contributed by atoms with Crippen molar-refractivity contribution in [3.05, 3.63) is 47.4 Å². The number of aromatic nitrogens is 2. The summed E-state index contributed by atoms with van der Waals surface area (Å²) in [6, 6.07) is 6.44. The van der Waals surface area contributed by atoms with E-state index in [9.17, 15) is 9.18 Å². The minimum atomic E-state index is -0.913. The van der Waals surface area contributed by atoms with Crippen molar-refractivity contribution < 1.29 is 14.3 Å². The summed E-state index contributed by atoms with van der Waals surface area (Å²) in [5, 5.41) is 16.6. The predicted molar refractivity (Wildman–Crippen MR) is 80.3 cm³/mol. The number of halogens is 1. The number of nitrogens with one attached hydrogen (secondary N) is 1. The summed E-state index contributed by atoms with van der Waals surface area (Å²) in [5.41, 5.74) is 0.871. The van der Waals surface area contributed by atoms with Crippen molar-refractivity contribution in [2.24, 2.45) is 0 Å². The minimum Gasteiger partial charge on any atom is -0.481 e. The lowest BCUT2D eigenvalue weighted by Gasteiger charge is -2.38. The number of carbonyl (C=O) groups is 1. The van der Waals surface area contributed by atoms with E-state index in [2.05, 4.69) is 10.4 Å². The number of fused-ring (bicyclic) bond motifs is 1. The van der Waals surface area contributed by atoms with Gasteiger partial charge in [0.2, 0.25) is 0 Å². The molecule has 1 atom stereocenters. The molecule has 0 amide bonds. The molecule has 3 rings (SSSR count). The summed E-state index contributed by atoms with van der Waals surface area (Å²) < 4.78 is 15.9. The maximum Gasteiger partial charge on any atom is 0.308 e.